The molecule has 0 bridgehead atoms. The van der Waals surface area contributed by atoms with Gasteiger partial charge in [-0.3, -0.25) is 14.3 Å². The smallest absolute Gasteiger partial charge is 0.280 e. The summed E-state index contributed by atoms with van der Waals surface area (Å²) in [7, 11) is 0. The van der Waals surface area contributed by atoms with Crippen molar-refractivity contribution in [1.29, 1.82) is 0 Å². The molecule has 6 heteroatoms. The third-order valence-electron chi connectivity index (χ3n) is 4.93. The second kappa shape index (κ2) is 7.39. The number of anilines is 1. The van der Waals surface area contributed by atoms with E-state index in [2.05, 4.69) is 10.3 Å². The van der Waals surface area contributed by atoms with E-state index in [1.54, 1.807) is 23.0 Å². The summed E-state index contributed by atoms with van der Waals surface area (Å²) < 4.78 is 3.13. The first kappa shape index (κ1) is 18.7. The summed E-state index contributed by atoms with van der Waals surface area (Å²) in [6, 6.07) is 16.8. The molecule has 0 unspecified atom stereocenters. The number of para-hydroxylation sites is 1. The van der Waals surface area contributed by atoms with E-state index in [1.165, 1.54) is 4.68 Å². The zero-order valence-corrected chi connectivity index (χ0v) is 16.6. The highest BCUT2D eigenvalue weighted by Crippen LogP contribution is 2.22. The maximum atomic E-state index is 13.0. The minimum Gasteiger partial charge on any atom is -0.324 e. The van der Waals surface area contributed by atoms with Crippen LogP contribution in [0.25, 0.3) is 16.7 Å². The van der Waals surface area contributed by atoms with Gasteiger partial charge >= 0.3 is 0 Å². The Morgan fingerprint density at radius 2 is 1.69 bits per heavy atom. The number of hydrogen-bond acceptors (Lipinski definition) is 3. The van der Waals surface area contributed by atoms with E-state index < -0.39 is 0 Å². The van der Waals surface area contributed by atoms with E-state index in [9.17, 15) is 9.59 Å². The van der Waals surface area contributed by atoms with Gasteiger partial charge < -0.3 is 5.32 Å². The normalized spacial score (nSPS) is 11.0. The summed E-state index contributed by atoms with van der Waals surface area (Å²) in [5, 5.41) is 3.48. The fourth-order valence-electron chi connectivity index (χ4n) is 3.75. The predicted octanol–water partition coefficient (Wildman–Crippen LogP) is 3.75. The lowest BCUT2D eigenvalue weighted by atomic mass is 10.1. The van der Waals surface area contributed by atoms with E-state index in [1.807, 2.05) is 63.2 Å². The number of nitrogens with zero attached hydrogens (tertiary/aromatic N) is 3. The van der Waals surface area contributed by atoms with E-state index in [-0.39, 0.29) is 18.0 Å². The molecular formula is C23H22N4O2. The van der Waals surface area contributed by atoms with Gasteiger partial charge in [-0.25, -0.2) is 9.67 Å². The number of amides is 1. The topological polar surface area (TPSA) is 68.9 Å². The first-order valence-corrected chi connectivity index (χ1v) is 9.45. The molecule has 0 radical (unpaired) electrons. The average molecular weight is 386 g/mol. The summed E-state index contributed by atoms with van der Waals surface area (Å²) in [5.74, 6) is -0.215. The van der Waals surface area contributed by atoms with Crippen LogP contribution in [0.5, 0.6) is 0 Å². The largest absolute Gasteiger partial charge is 0.324 e. The van der Waals surface area contributed by atoms with Crippen LogP contribution in [0, 0.1) is 20.8 Å². The van der Waals surface area contributed by atoms with Gasteiger partial charge in [0.2, 0.25) is 5.91 Å². The maximum Gasteiger partial charge on any atom is 0.280 e. The molecule has 4 rings (SSSR count). The van der Waals surface area contributed by atoms with Crippen molar-refractivity contribution in [3.63, 3.8) is 0 Å². The molecule has 0 fully saturated rings. The number of pyridine rings is 1. The third kappa shape index (κ3) is 3.45. The number of carbonyl (C=O) groups excluding carboxylic acids is 1. The fourth-order valence-corrected chi connectivity index (χ4v) is 3.75. The molecule has 0 saturated heterocycles. The van der Waals surface area contributed by atoms with Crippen molar-refractivity contribution in [2.45, 2.75) is 27.3 Å². The number of hydrogen-bond donors (Lipinski definition) is 1. The van der Waals surface area contributed by atoms with Gasteiger partial charge in [0.15, 0.2) is 5.65 Å². The number of benzene rings is 2. The Morgan fingerprint density at radius 3 is 2.38 bits per heavy atom. The molecule has 0 aliphatic rings. The summed E-state index contributed by atoms with van der Waals surface area (Å²) in [5.41, 5.74) is 4.93. The van der Waals surface area contributed by atoms with Crippen LogP contribution in [0.15, 0.2) is 65.6 Å². The summed E-state index contributed by atoms with van der Waals surface area (Å²) in [6.45, 7) is 5.95. The van der Waals surface area contributed by atoms with Crippen LogP contribution in [0.2, 0.25) is 0 Å². The third-order valence-corrected chi connectivity index (χ3v) is 4.93. The Kier molecular flexibility index (Phi) is 4.76. The van der Waals surface area contributed by atoms with Crippen molar-refractivity contribution >= 4 is 22.6 Å². The lowest BCUT2D eigenvalue weighted by Gasteiger charge is -2.15. The summed E-state index contributed by atoms with van der Waals surface area (Å²) in [6.07, 6.45) is 1.62. The average Bonchev–Trinajstić information content (AvgIpc) is 2.97. The van der Waals surface area contributed by atoms with Crippen LogP contribution in [-0.4, -0.2) is 20.3 Å². The molecular weight excluding hydrogens is 364 g/mol. The Bertz CT molecular complexity index is 1250. The SMILES string of the molecule is Cc1cc(C)c(NC(=O)Cn2c3ncccc3c(=O)n2-c2ccccc2)c(C)c1. The highest BCUT2D eigenvalue weighted by atomic mass is 16.2. The van der Waals surface area contributed by atoms with Crippen molar-refractivity contribution < 1.29 is 4.79 Å². The standard InChI is InChI=1S/C23H22N4O2/c1-15-12-16(2)21(17(3)13-15)25-20(28)14-26-22-19(10-7-11-24-22)23(29)27(26)18-8-5-4-6-9-18/h4-13H,14H2,1-3H3,(H,25,28). The highest BCUT2D eigenvalue weighted by Gasteiger charge is 2.18. The molecule has 2 heterocycles. The van der Waals surface area contributed by atoms with Crippen molar-refractivity contribution in [3.05, 3.63) is 87.8 Å². The van der Waals surface area contributed by atoms with Crippen molar-refractivity contribution in [3.8, 4) is 5.69 Å². The highest BCUT2D eigenvalue weighted by molar-refractivity contribution is 5.93. The molecule has 6 nitrogen and oxygen atoms in total. The zero-order chi connectivity index (χ0) is 20.5. The van der Waals surface area contributed by atoms with E-state index >= 15 is 0 Å². The van der Waals surface area contributed by atoms with Crippen molar-refractivity contribution in [1.82, 2.24) is 14.3 Å². The fraction of sp³-hybridized carbons (Fsp3) is 0.174. The van der Waals surface area contributed by atoms with Gasteiger partial charge in [-0.2, -0.15) is 0 Å². The lowest BCUT2D eigenvalue weighted by molar-refractivity contribution is -0.117. The number of nitrogens with one attached hydrogen (secondary N) is 1. The van der Waals surface area contributed by atoms with Gasteiger partial charge in [-0.15, -0.1) is 0 Å². The predicted molar refractivity (Wildman–Crippen MR) is 115 cm³/mol. The minimum absolute atomic E-state index is 0.0304. The van der Waals surface area contributed by atoms with Gasteiger partial charge in [0, 0.05) is 11.9 Å². The number of carbonyl (C=O) groups is 1. The molecule has 1 amide bonds. The van der Waals surface area contributed by atoms with Gasteiger partial charge in [0.05, 0.1) is 11.1 Å². The molecule has 0 aliphatic heterocycles. The molecule has 2 aromatic heterocycles. The van der Waals surface area contributed by atoms with Crippen LogP contribution in [0.1, 0.15) is 16.7 Å². The van der Waals surface area contributed by atoms with E-state index in [4.69, 9.17) is 0 Å². The first-order chi connectivity index (χ1) is 14.0. The number of aromatic nitrogens is 3. The van der Waals surface area contributed by atoms with Crippen molar-refractivity contribution in [2.75, 3.05) is 5.32 Å². The Hall–Kier alpha value is -3.67. The van der Waals surface area contributed by atoms with Gasteiger partial charge in [0.1, 0.15) is 6.54 Å². The zero-order valence-electron chi connectivity index (χ0n) is 16.6. The molecule has 0 saturated carbocycles. The Morgan fingerprint density at radius 1 is 1.00 bits per heavy atom. The van der Waals surface area contributed by atoms with Crippen molar-refractivity contribution in [2.24, 2.45) is 0 Å². The van der Waals surface area contributed by atoms with Crippen LogP contribution in [0.4, 0.5) is 5.69 Å². The molecule has 4 aromatic rings. The molecule has 0 aliphatic carbocycles. The van der Waals surface area contributed by atoms with Gasteiger partial charge in [-0.1, -0.05) is 35.9 Å². The van der Waals surface area contributed by atoms with Crippen LogP contribution < -0.4 is 10.9 Å². The lowest BCUT2D eigenvalue weighted by Crippen LogP contribution is -2.27. The summed E-state index contributed by atoms with van der Waals surface area (Å²) in [4.78, 5) is 30.3. The quantitative estimate of drug-likeness (QED) is 0.581. The van der Waals surface area contributed by atoms with Gasteiger partial charge in [0.25, 0.3) is 5.56 Å². The number of rotatable bonds is 4. The Balaban J connectivity index is 1.77. The van der Waals surface area contributed by atoms with Crippen LogP contribution >= 0.6 is 0 Å². The van der Waals surface area contributed by atoms with Crippen LogP contribution in [-0.2, 0) is 11.3 Å². The van der Waals surface area contributed by atoms with Crippen LogP contribution in [0.3, 0.4) is 0 Å². The second-order valence-corrected chi connectivity index (χ2v) is 7.21. The van der Waals surface area contributed by atoms with E-state index in [0.29, 0.717) is 16.7 Å². The Labute approximate surface area is 168 Å². The molecule has 29 heavy (non-hydrogen) atoms. The number of fused-ring (bicyclic) bond motifs is 1. The second-order valence-electron chi connectivity index (χ2n) is 7.21. The number of aryl methyl sites for hydroxylation is 3. The molecule has 146 valence electrons. The molecule has 1 N–H and O–H groups in total. The first-order valence-electron chi connectivity index (χ1n) is 9.45. The minimum atomic E-state index is -0.215. The monoisotopic (exact) mass is 386 g/mol. The van der Waals surface area contributed by atoms with Gasteiger partial charge in [-0.05, 0) is 56.2 Å². The maximum absolute atomic E-state index is 13.0. The van der Waals surface area contributed by atoms with E-state index in [0.717, 1.165) is 22.4 Å². The molecule has 0 spiro atoms. The molecule has 0 atom stereocenters. The molecule has 2 aromatic carbocycles. The summed E-state index contributed by atoms with van der Waals surface area (Å²) >= 11 is 0.